The number of halogens is 1. The van der Waals surface area contributed by atoms with Gasteiger partial charge < -0.3 is 25.0 Å². The highest BCUT2D eigenvalue weighted by atomic mass is 19.1. The van der Waals surface area contributed by atoms with Gasteiger partial charge in [0, 0.05) is 0 Å². The van der Waals surface area contributed by atoms with Crippen LogP contribution in [0, 0.1) is 0 Å². The monoisotopic (exact) mass is 335 g/mol. The van der Waals surface area contributed by atoms with Crippen molar-refractivity contribution in [3.63, 3.8) is 0 Å². The summed E-state index contributed by atoms with van der Waals surface area (Å²) in [7, 11) is 0. The first kappa shape index (κ1) is 15.1. The predicted molar refractivity (Wildman–Crippen MR) is 80.2 cm³/mol. The second kappa shape index (κ2) is 5.55. The summed E-state index contributed by atoms with van der Waals surface area (Å²) >= 11 is 0. The lowest BCUT2D eigenvalue weighted by Crippen LogP contribution is -2.34. The normalized spacial score (nSPS) is 27.8. The highest BCUT2D eigenvalue weighted by Gasteiger charge is 2.45. The minimum atomic E-state index is -1.87. The Balaban J connectivity index is 1.72. The smallest absolute Gasteiger partial charge is 0.352 e. The molecule has 0 spiro atoms. The fourth-order valence-electron chi connectivity index (χ4n) is 2.78. The van der Waals surface area contributed by atoms with E-state index in [0.717, 1.165) is 4.57 Å². The third-order valence-electron chi connectivity index (χ3n) is 4.03. The molecule has 2 aromatic rings. The summed E-state index contributed by atoms with van der Waals surface area (Å²) in [6, 6.07) is 7.09. The Hall–Kier alpha value is -2.49. The van der Waals surface area contributed by atoms with Crippen LogP contribution in [-0.2, 0) is 4.74 Å². The van der Waals surface area contributed by atoms with E-state index in [1.165, 1.54) is 6.20 Å². The number of hydrogen-bond acceptors (Lipinski definition) is 7. The predicted octanol–water partition coefficient (Wildman–Crippen LogP) is 0.681. The number of aliphatic hydroxyl groups is 2. The van der Waals surface area contributed by atoms with Crippen molar-refractivity contribution in [3.8, 4) is 11.5 Å². The lowest BCUT2D eigenvalue weighted by molar-refractivity contribution is -0.0492. The van der Waals surface area contributed by atoms with Crippen molar-refractivity contribution in [2.75, 3.05) is 11.9 Å². The number of aromatic nitrogens is 2. The van der Waals surface area contributed by atoms with Gasteiger partial charge in [-0.05, 0) is 12.1 Å². The molecule has 0 radical (unpaired) electrons. The average Bonchev–Trinajstić information content (AvgIpc) is 2.87. The highest BCUT2D eigenvalue weighted by Crippen LogP contribution is 2.40. The fraction of sp³-hybridized carbons (Fsp3) is 0.333. The molecule has 1 aromatic carbocycles. The van der Waals surface area contributed by atoms with E-state index in [0.29, 0.717) is 11.4 Å². The number of para-hydroxylation sites is 2. The molecule has 1 fully saturated rings. The first-order chi connectivity index (χ1) is 11.6. The van der Waals surface area contributed by atoms with Crippen LogP contribution in [0.4, 0.5) is 15.9 Å². The van der Waals surface area contributed by atoms with Crippen LogP contribution in [0.15, 0.2) is 35.3 Å². The molecule has 0 bridgehead atoms. The molecule has 4 unspecified atom stereocenters. The summed E-state index contributed by atoms with van der Waals surface area (Å²) < 4.78 is 26.0. The van der Waals surface area contributed by atoms with Crippen molar-refractivity contribution >= 4 is 11.5 Å². The van der Waals surface area contributed by atoms with Crippen LogP contribution in [0.2, 0.25) is 0 Å². The molecule has 3 N–H and O–H groups in total. The molecule has 0 aliphatic carbocycles. The largest absolute Gasteiger partial charge is 0.450 e. The molecule has 4 atom stereocenters. The van der Waals surface area contributed by atoms with Crippen molar-refractivity contribution in [1.82, 2.24) is 9.55 Å². The third-order valence-corrected chi connectivity index (χ3v) is 4.03. The van der Waals surface area contributed by atoms with Gasteiger partial charge in [0.25, 0.3) is 0 Å². The van der Waals surface area contributed by atoms with Crippen molar-refractivity contribution in [2.45, 2.75) is 24.6 Å². The zero-order valence-electron chi connectivity index (χ0n) is 12.3. The van der Waals surface area contributed by atoms with Gasteiger partial charge in [0.1, 0.15) is 12.2 Å². The molecule has 8 nitrogen and oxygen atoms in total. The molecular weight excluding hydrogens is 321 g/mol. The van der Waals surface area contributed by atoms with E-state index >= 15 is 0 Å². The molecule has 3 heterocycles. The van der Waals surface area contributed by atoms with Crippen LogP contribution in [0.5, 0.6) is 11.5 Å². The Morgan fingerprint density at radius 3 is 2.88 bits per heavy atom. The summed E-state index contributed by atoms with van der Waals surface area (Å²) in [5.41, 5.74) is -0.103. The molecule has 1 aromatic heterocycles. The average molecular weight is 335 g/mol. The Bertz CT molecular complexity index is 842. The number of aliphatic hydroxyl groups excluding tert-OH is 2. The fourth-order valence-corrected chi connectivity index (χ4v) is 2.78. The summed E-state index contributed by atoms with van der Waals surface area (Å²) in [4.78, 5) is 16.1. The quantitative estimate of drug-likeness (QED) is 0.632. The number of benzene rings is 1. The number of alkyl halides is 1. The summed E-state index contributed by atoms with van der Waals surface area (Å²) in [5, 5.41) is 21.8. The van der Waals surface area contributed by atoms with E-state index < -0.39 is 36.9 Å². The lowest BCUT2D eigenvalue weighted by atomic mass is 10.1. The number of rotatable bonds is 2. The van der Waals surface area contributed by atoms with E-state index in [2.05, 4.69) is 10.3 Å². The van der Waals surface area contributed by atoms with Gasteiger partial charge in [0.15, 0.2) is 29.7 Å². The zero-order valence-corrected chi connectivity index (χ0v) is 12.3. The van der Waals surface area contributed by atoms with E-state index in [-0.39, 0.29) is 11.6 Å². The van der Waals surface area contributed by atoms with Gasteiger partial charge in [-0.1, -0.05) is 12.1 Å². The minimum absolute atomic E-state index is 0.211. The molecule has 4 rings (SSSR count). The molecule has 24 heavy (non-hydrogen) atoms. The molecular formula is C15H14FN3O5. The first-order valence-electron chi connectivity index (χ1n) is 7.34. The minimum Gasteiger partial charge on any atom is -0.450 e. The van der Waals surface area contributed by atoms with Crippen molar-refractivity contribution in [3.05, 3.63) is 40.9 Å². The van der Waals surface area contributed by atoms with Crippen LogP contribution >= 0.6 is 0 Å². The summed E-state index contributed by atoms with van der Waals surface area (Å²) in [5.74, 6) is 0.975. The van der Waals surface area contributed by atoms with Crippen LogP contribution in [0.1, 0.15) is 6.23 Å². The molecule has 2 aliphatic heterocycles. The highest BCUT2D eigenvalue weighted by molar-refractivity contribution is 5.72. The van der Waals surface area contributed by atoms with E-state index in [1.807, 2.05) is 0 Å². The maximum Gasteiger partial charge on any atom is 0.352 e. The topological polar surface area (TPSA) is 106 Å². The van der Waals surface area contributed by atoms with Crippen molar-refractivity contribution in [2.24, 2.45) is 0 Å². The van der Waals surface area contributed by atoms with Crippen LogP contribution in [-0.4, -0.2) is 44.8 Å². The first-order valence-corrected chi connectivity index (χ1v) is 7.34. The third kappa shape index (κ3) is 2.25. The number of anilines is 2. The Kier molecular flexibility index (Phi) is 3.48. The second-order valence-corrected chi connectivity index (χ2v) is 5.55. The maximum absolute atomic E-state index is 14.2. The zero-order chi connectivity index (χ0) is 16.8. The lowest BCUT2D eigenvalue weighted by Gasteiger charge is -2.23. The summed E-state index contributed by atoms with van der Waals surface area (Å²) in [6.07, 6.45) is -4.61. The van der Waals surface area contributed by atoms with Crippen LogP contribution in [0.25, 0.3) is 0 Å². The van der Waals surface area contributed by atoms with Crippen molar-refractivity contribution in [1.29, 1.82) is 0 Å². The van der Waals surface area contributed by atoms with Gasteiger partial charge >= 0.3 is 5.69 Å². The van der Waals surface area contributed by atoms with Crippen LogP contribution < -0.4 is 15.7 Å². The van der Waals surface area contributed by atoms with Gasteiger partial charge in [-0.25, -0.2) is 9.18 Å². The van der Waals surface area contributed by atoms with E-state index in [4.69, 9.17) is 14.6 Å². The van der Waals surface area contributed by atoms with E-state index in [1.54, 1.807) is 24.3 Å². The Morgan fingerprint density at radius 1 is 1.33 bits per heavy atom. The molecule has 0 amide bonds. The van der Waals surface area contributed by atoms with Gasteiger partial charge in [0.05, 0.1) is 18.5 Å². The number of nitrogens with one attached hydrogen (secondary N) is 1. The van der Waals surface area contributed by atoms with Crippen molar-refractivity contribution < 1.29 is 24.1 Å². The molecule has 0 saturated carbocycles. The van der Waals surface area contributed by atoms with E-state index in [9.17, 15) is 14.3 Å². The Labute approximate surface area is 135 Å². The second-order valence-electron chi connectivity index (χ2n) is 5.55. The standard InChI is InChI=1S/C15H14FN3O5/c16-11-12(21)10(6-20)24-14(11)19-5-9-13(18-15(19)22)17-7-3-1-2-4-8(7)23-9/h1-5,10-12,14,20-21H,6H2,(H,17,18,22). The van der Waals surface area contributed by atoms with Gasteiger partial charge in [-0.3, -0.25) is 4.57 Å². The van der Waals surface area contributed by atoms with Crippen LogP contribution in [0.3, 0.4) is 0 Å². The molecule has 126 valence electrons. The number of hydrogen-bond donors (Lipinski definition) is 3. The van der Waals surface area contributed by atoms with Gasteiger partial charge in [-0.15, -0.1) is 0 Å². The number of fused-ring (bicyclic) bond motifs is 2. The summed E-state index contributed by atoms with van der Waals surface area (Å²) in [6.45, 7) is -0.559. The maximum atomic E-state index is 14.2. The van der Waals surface area contributed by atoms with Gasteiger partial charge in [0.2, 0.25) is 0 Å². The molecule has 9 heteroatoms. The number of nitrogens with zero attached hydrogens (tertiary/aromatic N) is 2. The molecule has 1 saturated heterocycles. The number of ether oxygens (including phenoxy) is 2. The SMILES string of the molecule is O=c1nc2c(cn1C1OC(CO)C(O)C1F)Oc1ccccc1N2. The Morgan fingerprint density at radius 2 is 2.12 bits per heavy atom. The van der Waals surface area contributed by atoms with Gasteiger partial charge in [-0.2, -0.15) is 4.98 Å². The molecule has 2 aliphatic rings.